The van der Waals surface area contributed by atoms with Crippen LogP contribution in [0.15, 0.2) is 54.6 Å². The molecule has 5 nitrogen and oxygen atoms in total. The Morgan fingerprint density at radius 2 is 1.79 bits per heavy atom. The van der Waals surface area contributed by atoms with Crippen LogP contribution in [0.5, 0.6) is 0 Å². The third-order valence-corrected chi connectivity index (χ3v) is 5.32. The Morgan fingerprint density at radius 3 is 2.46 bits per heavy atom. The van der Waals surface area contributed by atoms with Crippen LogP contribution in [0.1, 0.15) is 40.5 Å². The van der Waals surface area contributed by atoms with Gasteiger partial charge >= 0.3 is 0 Å². The molecule has 150 valence electrons. The lowest BCUT2D eigenvalue weighted by Crippen LogP contribution is -2.49. The lowest BCUT2D eigenvalue weighted by atomic mass is 9.91. The van der Waals surface area contributed by atoms with Crippen LogP contribution in [0.3, 0.4) is 0 Å². The first-order valence-corrected chi connectivity index (χ1v) is 9.45. The standard InChI is InChI=1S/C22H27N3O2.ClH/c1-16-11-12-25(20(13-16)15-23)22(27)18-8-6-7-17(14-18)21(26)24(2)19-9-4-3-5-10-19;/h3-10,14,16,20H,11-13,15,23H2,1-2H3;1H. The van der Waals surface area contributed by atoms with Gasteiger partial charge in [-0.3, -0.25) is 9.59 Å². The van der Waals surface area contributed by atoms with Gasteiger partial charge in [0.15, 0.2) is 0 Å². The number of piperidine rings is 1. The molecule has 3 rings (SSSR count). The molecular weight excluding hydrogens is 374 g/mol. The van der Waals surface area contributed by atoms with Crippen molar-refractivity contribution >= 4 is 29.9 Å². The summed E-state index contributed by atoms with van der Waals surface area (Å²) in [6.07, 6.45) is 1.91. The van der Waals surface area contributed by atoms with Crippen molar-refractivity contribution in [2.45, 2.75) is 25.8 Å². The van der Waals surface area contributed by atoms with Gasteiger partial charge in [-0.05, 0) is 49.1 Å². The zero-order valence-electron chi connectivity index (χ0n) is 16.4. The number of hydrogen-bond donors (Lipinski definition) is 1. The van der Waals surface area contributed by atoms with Crippen LogP contribution in [0, 0.1) is 5.92 Å². The zero-order valence-corrected chi connectivity index (χ0v) is 17.2. The minimum Gasteiger partial charge on any atom is -0.334 e. The largest absolute Gasteiger partial charge is 0.334 e. The molecule has 1 aliphatic heterocycles. The molecule has 2 N–H and O–H groups in total. The number of halogens is 1. The third kappa shape index (κ3) is 4.72. The second-order valence-corrected chi connectivity index (χ2v) is 7.30. The first kappa shape index (κ1) is 21.9. The van der Waals surface area contributed by atoms with E-state index in [4.69, 9.17) is 5.73 Å². The van der Waals surface area contributed by atoms with Crippen LogP contribution < -0.4 is 10.6 Å². The molecule has 0 spiro atoms. The highest BCUT2D eigenvalue weighted by Gasteiger charge is 2.29. The summed E-state index contributed by atoms with van der Waals surface area (Å²) in [7, 11) is 1.74. The number of rotatable bonds is 4. The zero-order chi connectivity index (χ0) is 19.4. The molecule has 2 unspecified atom stereocenters. The van der Waals surface area contributed by atoms with Crippen LogP contribution in [0.4, 0.5) is 5.69 Å². The van der Waals surface area contributed by atoms with E-state index in [1.165, 1.54) is 0 Å². The molecule has 2 aromatic carbocycles. The Balaban J connectivity index is 0.00000280. The van der Waals surface area contributed by atoms with E-state index in [-0.39, 0.29) is 30.3 Å². The summed E-state index contributed by atoms with van der Waals surface area (Å²) in [5, 5.41) is 0. The summed E-state index contributed by atoms with van der Waals surface area (Å²) in [5.41, 5.74) is 7.75. The number of nitrogens with zero attached hydrogens (tertiary/aromatic N) is 2. The number of carbonyl (C=O) groups is 2. The van der Waals surface area contributed by atoms with Crippen molar-refractivity contribution in [3.63, 3.8) is 0 Å². The van der Waals surface area contributed by atoms with E-state index in [1.807, 2.05) is 35.2 Å². The number of hydrogen-bond acceptors (Lipinski definition) is 3. The molecule has 0 saturated carbocycles. The van der Waals surface area contributed by atoms with Gasteiger partial charge < -0.3 is 15.5 Å². The van der Waals surface area contributed by atoms with Crippen molar-refractivity contribution in [2.75, 3.05) is 25.0 Å². The molecule has 2 aromatic rings. The fourth-order valence-electron chi connectivity index (χ4n) is 3.66. The first-order valence-electron chi connectivity index (χ1n) is 9.45. The van der Waals surface area contributed by atoms with Gasteiger partial charge in [0.25, 0.3) is 11.8 Å². The van der Waals surface area contributed by atoms with Crippen LogP contribution in [-0.4, -0.2) is 42.9 Å². The maximum atomic E-state index is 13.0. The van der Waals surface area contributed by atoms with Gasteiger partial charge in [-0.25, -0.2) is 0 Å². The highest BCUT2D eigenvalue weighted by Crippen LogP contribution is 2.24. The molecule has 1 saturated heterocycles. The quantitative estimate of drug-likeness (QED) is 0.851. The number of anilines is 1. The van der Waals surface area contributed by atoms with Crippen LogP contribution in [0.25, 0.3) is 0 Å². The van der Waals surface area contributed by atoms with Crippen molar-refractivity contribution in [1.29, 1.82) is 0 Å². The fourth-order valence-corrected chi connectivity index (χ4v) is 3.66. The van der Waals surface area contributed by atoms with E-state index in [1.54, 1.807) is 36.2 Å². The second kappa shape index (κ2) is 9.71. The van der Waals surface area contributed by atoms with E-state index in [0.717, 1.165) is 18.5 Å². The molecule has 1 aliphatic rings. The summed E-state index contributed by atoms with van der Waals surface area (Å²) in [4.78, 5) is 29.3. The lowest BCUT2D eigenvalue weighted by molar-refractivity contribution is 0.0573. The van der Waals surface area contributed by atoms with Crippen LogP contribution >= 0.6 is 12.4 Å². The fraction of sp³-hybridized carbons (Fsp3) is 0.364. The van der Waals surface area contributed by atoms with Gasteiger partial charge in [0.2, 0.25) is 0 Å². The lowest BCUT2D eigenvalue weighted by Gasteiger charge is -2.38. The van der Waals surface area contributed by atoms with Gasteiger partial charge in [-0.2, -0.15) is 0 Å². The first-order chi connectivity index (χ1) is 13.0. The third-order valence-electron chi connectivity index (χ3n) is 5.32. The molecular formula is C22H28ClN3O2. The molecule has 28 heavy (non-hydrogen) atoms. The minimum absolute atomic E-state index is 0. The van der Waals surface area contributed by atoms with Crippen molar-refractivity contribution in [3.05, 3.63) is 65.7 Å². The molecule has 0 radical (unpaired) electrons. The molecule has 0 bridgehead atoms. The topological polar surface area (TPSA) is 66.6 Å². The van der Waals surface area contributed by atoms with E-state index >= 15 is 0 Å². The molecule has 1 fully saturated rings. The van der Waals surface area contributed by atoms with Gasteiger partial charge in [0, 0.05) is 43.0 Å². The van der Waals surface area contributed by atoms with Crippen molar-refractivity contribution in [2.24, 2.45) is 11.7 Å². The molecule has 2 amide bonds. The normalized spacial score (nSPS) is 18.9. The Morgan fingerprint density at radius 1 is 1.11 bits per heavy atom. The average molecular weight is 402 g/mol. The Hall–Kier alpha value is -2.37. The average Bonchev–Trinajstić information content (AvgIpc) is 2.72. The summed E-state index contributed by atoms with van der Waals surface area (Å²) in [5.74, 6) is 0.392. The predicted octanol–water partition coefficient (Wildman–Crippen LogP) is 3.58. The van der Waals surface area contributed by atoms with Crippen LogP contribution in [-0.2, 0) is 0 Å². The smallest absolute Gasteiger partial charge is 0.258 e. The van der Waals surface area contributed by atoms with Crippen LogP contribution in [0.2, 0.25) is 0 Å². The summed E-state index contributed by atoms with van der Waals surface area (Å²) in [6.45, 7) is 3.37. The maximum Gasteiger partial charge on any atom is 0.258 e. The molecule has 6 heteroatoms. The van der Waals surface area contributed by atoms with Gasteiger partial charge in [-0.15, -0.1) is 12.4 Å². The minimum atomic E-state index is -0.140. The summed E-state index contributed by atoms with van der Waals surface area (Å²) >= 11 is 0. The number of carbonyl (C=O) groups excluding carboxylic acids is 2. The molecule has 2 atom stereocenters. The monoisotopic (exact) mass is 401 g/mol. The molecule has 0 aliphatic carbocycles. The number of likely N-dealkylation sites (tertiary alicyclic amines) is 1. The van der Waals surface area contributed by atoms with Crippen molar-refractivity contribution < 1.29 is 9.59 Å². The van der Waals surface area contributed by atoms with E-state index in [9.17, 15) is 9.59 Å². The Labute approximate surface area is 172 Å². The van der Waals surface area contributed by atoms with E-state index in [0.29, 0.717) is 30.1 Å². The van der Waals surface area contributed by atoms with E-state index in [2.05, 4.69) is 6.92 Å². The van der Waals surface area contributed by atoms with Gasteiger partial charge in [0.1, 0.15) is 0 Å². The summed E-state index contributed by atoms with van der Waals surface area (Å²) in [6, 6.07) is 16.5. The SMILES string of the molecule is CC1CCN(C(=O)c2cccc(C(=O)N(C)c3ccccc3)c2)C(CN)C1.Cl. The maximum absolute atomic E-state index is 13.0. The highest BCUT2D eigenvalue weighted by atomic mass is 35.5. The second-order valence-electron chi connectivity index (χ2n) is 7.30. The molecule has 1 heterocycles. The number of amides is 2. The van der Waals surface area contributed by atoms with Crippen molar-refractivity contribution in [1.82, 2.24) is 4.90 Å². The highest BCUT2D eigenvalue weighted by molar-refractivity contribution is 6.07. The van der Waals surface area contributed by atoms with Gasteiger partial charge in [-0.1, -0.05) is 31.2 Å². The summed E-state index contributed by atoms with van der Waals surface area (Å²) < 4.78 is 0. The van der Waals surface area contributed by atoms with E-state index < -0.39 is 0 Å². The van der Waals surface area contributed by atoms with Crippen molar-refractivity contribution in [3.8, 4) is 0 Å². The Kier molecular flexibility index (Phi) is 7.61. The number of para-hydroxylation sites is 1. The predicted molar refractivity (Wildman–Crippen MR) is 115 cm³/mol. The number of nitrogens with two attached hydrogens (primary N) is 1. The number of benzene rings is 2. The Bertz CT molecular complexity index is 812. The van der Waals surface area contributed by atoms with Gasteiger partial charge in [0.05, 0.1) is 0 Å². The molecule has 0 aromatic heterocycles.